The highest BCUT2D eigenvalue weighted by molar-refractivity contribution is 8.76. The lowest BCUT2D eigenvalue weighted by atomic mass is 10.1. The number of unbranched alkanes of at least 4 members (excludes halogenated alkanes) is 1. The van der Waals surface area contributed by atoms with E-state index in [2.05, 4.69) is 22.4 Å². The number of aromatic nitrogens is 1. The minimum Gasteiger partial charge on any atom is -0.352 e. The largest absolute Gasteiger partial charge is 0.352 e. The zero-order valence-electron chi connectivity index (χ0n) is 19.2. The highest BCUT2D eigenvalue weighted by Crippen LogP contribution is 2.30. The number of hydrogen-bond acceptors (Lipinski definition) is 8. The number of nitrogens with one attached hydrogen (secondary N) is 1. The molecule has 34 heavy (non-hydrogen) atoms. The Balaban J connectivity index is 1.28. The maximum atomic E-state index is 12.3. The molecule has 1 aromatic carbocycles. The standard InChI is InChI=1S/C24H33N5O2S3/c25-20(14-18-6-2-1-3-7-18)16-33-34-22-10-9-19(15-28-22)23(30)27-11-5-4-8-21(26)24(31)29-12-13-32-17-29/h1-3,6-7,9-10,15,20-21H,4-5,8,11-14,16-17,25-26H2,(H,27,30)/t20?,21-/m0/s1. The molecule has 1 aliphatic heterocycles. The minimum absolute atomic E-state index is 0.0365. The van der Waals surface area contributed by atoms with Gasteiger partial charge in [0.15, 0.2) is 0 Å². The highest BCUT2D eigenvalue weighted by Gasteiger charge is 2.23. The predicted molar refractivity (Wildman–Crippen MR) is 144 cm³/mol. The van der Waals surface area contributed by atoms with E-state index in [0.29, 0.717) is 18.5 Å². The van der Waals surface area contributed by atoms with Crippen molar-refractivity contribution >= 4 is 45.2 Å². The van der Waals surface area contributed by atoms with Crippen molar-refractivity contribution in [3.63, 3.8) is 0 Å². The van der Waals surface area contributed by atoms with Crippen LogP contribution in [-0.4, -0.2) is 64.3 Å². The van der Waals surface area contributed by atoms with Crippen LogP contribution in [0, 0.1) is 0 Å². The van der Waals surface area contributed by atoms with Crippen molar-refractivity contribution in [3.8, 4) is 0 Å². The van der Waals surface area contributed by atoms with E-state index in [-0.39, 0.29) is 17.9 Å². The molecule has 1 aliphatic rings. The number of hydrogen-bond donors (Lipinski definition) is 3. The number of nitrogens with zero attached hydrogens (tertiary/aromatic N) is 2. The van der Waals surface area contributed by atoms with Gasteiger partial charge in [0.2, 0.25) is 5.91 Å². The summed E-state index contributed by atoms with van der Waals surface area (Å²) in [6.45, 7) is 1.34. The summed E-state index contributed by atoms with van der Waals surface area (Å²) in [4.78, 5) is 30.8. The average Bonchev–Trinajstić information content (AvgIpc) is 3.39. The van der Waals surface area contributed by atoms with Crippen LogP contribution >= 0.6 is 33.3 Å². The summed E-state index contributed by atoms with van der Waals surface area (Å²) in [5.74, 6) is 2.44. The Morgan fingerprint density at radius 2 is 1.97 bits per heavy atom. The fourth-order valence-electron chi connectivity index (χ4n) is 3.46. The molecule has 0 saturated carbocycles. The van der Waals surface area contributed by atoms with Crippen LogP contribution in [0.2, 0.25) is 0 Å². The van der Waals surface area contributed by atoms with Gasteiger partial charge >= 0.3 is 0 Å². The molecule has 0 aliphatic carbocycles. The molecule has 10 heteroatoms. The van der Waals surface area contributed by atoms with Gasteiger partial charge in [0.1, 0.15) is 5.03 Å². The van der Waals surface area contributed by atoms with Crippen molar-refractivity contribution in [1.29, 1.82) is 0 Å². The third-order valence-electron chi connectivity index (χ3n) is 5.37. The van der Waals surface area contributed by atoms with E-state index in [1.165, 1.54) is 5.56 Å². The van der Waals surface area contributed by atoms with E-state index in [1.807, 2.05) is 29.2 Å². The van der Waals surface area contributed by atoms with Crippen LogP contribution in [0.15, 0.2) is 53.7 Å². The van der Waals surface area contributed by atoms with E-state index in [9.17, 15) is 9.59 Å². The number of carbonyl (C=O) groups excluding carboxylic acids is 2. The summed E-state index contributed by atoms with van der Waals surface area (Å²) >= 11 is 1.76. The van der Waals surface area contributed by atoms with Crippen molar-refractivity contribution in [2.45, 2.75) is 42.8 Å². The number of amides is 2. The fourth-order valence-corrected chi connectivity index (χ4v) is 6.50. The number of benzene rings is 1. The summed E-state index contributed by atoms with van der Waals surface area (Å²) in [5.41, 5.74) is 14.0. The number of carbonyl (C=O) groups is 2. The van der Waals surface area contributed by atoms with Gasteiger partial charge in [-0.15, -0.1) is 11.8 Å². The molecule has 0 bridgehead atoms. The molecular formula is C24H33N5O2S3. The number of rotatable bonds is 13. The Morgan fingerprint density at radius 1 is 1.15 bits per heavy atom. The zero-order valence-corrected chi connectivity index (χ0v) is 21.7. The quantitative estimate of drug-likeness (QED) is 0.273. The van der Waals surface area contributed by atoms with Crippen LogP contribution in [0.1, 0.15) is 35.2 Å². The highest BCUT2D eigenvalue weighted by atomic mass is 33.1. The Kier molecular flexibility index (Phi) is 11.6. The molecule has 1 aromatic heterocycles. The molecule has 2 amide bonds. The Morgan fingerprint density at radius 3 is 2.68 bits per heavy atom. The van der Waals surface area contributed by atoms with Gasteiger partial charge in [0.25, 0.3) is 5.91 Å². The van der Waals surface area contributed by atoms with E-state index in [0.717, 1.165) is 48.2 Å². The summed E-state index contributed by atoms with van der Waals surface area (Å²) < 4.78 is 0. The van der Waals surface area contributed by atoms with Crippen LogP contribution in [0.4, 0.5) is 0 Å². The molecule has 0 spiro atoms. The van der Waals surface area contributed by atoms with E-state index >= 15 is 0 Å². The second-order valence-corrected chi connectivity index (χ2v) is 11.6. The summed E-state index contributed by atoms with van der Waals surface area (Å²) in [5, 5.41) is 3.76. The first-order valence-corrected chi connectivity index (χ1v) is 15.0. The Labute approximate surface area is 214 Å². The normalized spacial score (nSPS) is 15.2. The SMILES string of the molecule is NC(CSSc1ccc(C(=O)NCCCC[C@H](N)C(=O)N2CCSC2)cn1)Cc1ccccc1. The fraction of sp³-hybridized carbons (Fsp3) is 0.458. The molecule has 2 atom stereocenters. The van der Waals surface area contributed by atoms with Gasteiger partial charge < -0.3 is 21.7 Å². The third-order valence-corrected chi connectivity index (χ3v) is 8.71. The molecule has 2 heterocycles. The van der Waals surface area contributed by atoms with Crippen molar-refractivity contribution in [3.05, 3.63) is 59.8 Å². The zero-order chi connectivity index (χ0) is 24.2. The topological polar surface area (TPSA) is 114 Å². The van der Waals surface area contributed by atoms with Gasteiger partial charge in [-0.1, -0.05) is 41.1 Å². The predicted octanol–water partition coefficient (Wildman–Crippen LogP) is 3.15. The Bertz CT molecular complexity index is 895. The summed E-state index contributed by atoms with van der Waals surface area (Å²) in [7, 11) is 3.24. The second kappa shape index (κ2) is 14.6. The molecule has 2 aromatic rings. The van der Waals surface area contributed by atoms with Gasteiger partial charge in [0, 0.05) is 36.8 Å². The molecule has 184 valence electrons. The van der Waals surface area contributed by atoms with Crippen molar-refractivity contribution < 1.29 is 9.59 Å². The number of nitrogens with two attached hydrogens (primary N) is 2. The van der Waals surface area contributed by atoms with Crippen molar-refractivity contribution in [2.24, 2.45) is 11.5 Å². The van der Waals surface area contributed by atoms with Gasteiger partial charge in [-0.2, -0.15) is 0 Å². The van der Waals surface area contributed by atoms with E-state index in [4.69, 9.17) is 11.5 Å². The van der Waals surface area contributed by atoms with E-state index < -0.39 is 6.04 Å². The maximum absolute atomic E-state index is 12.3. The maximum Gasteiger partial charge on any atom is 0.252 e. The summed E-state index contributed by atoms with van der Waals surface area (Å²) in [6.07, 6.45) is 4.66. The van der Waals surface area contributed by atoms with Gasteiger partial charge in [-0.05, 0) is 54.2 Å². The first-order valence-electron chi connectivity index (χ1n) is 11.5. The van der Waals surface area contributed by atoms with Gasteiger partial charge in [0.05, 0.1) is 17.5 Å². The molecule has 1 fully saturated rings. The third kappa shape index (κ3) is 9.14. The van der Waals surface area contributed by atoms with Gasteiger partial charge in [-0.3, -0.25) is 9.59 Å². The molecule has 3 rings (SSSR count). The Hall–Kier alpha value is -1.72. The monoisotopic (exact) mass is 519 g/mol. The van der Waals surface area contributed by atoms with Crippen molar-refractivity contribution in [2.75, 3.05) is 30.5 Å². The molecule has 1 saturated heterocycles. The molecule has 7 nitrogen and oxygen atoms in total. The number of pyridine rings is 1. The van der Waals surface area contributed by atoms with Crippen LogP contribution in [0.5, 0.6) is 0 Å². The van der Waals surface area contributed by atoms with Crippen molar-refractivity contribution in [1.82, 2.24) is 15.2 Å². The second-order valence-electron chi connectivity index (χ2n) is 8.20. The van der Waals surface area contributed by atoms with Crippen LogP contribution in [0.25, 0.3) is 0 Å². The molecule has 5 N–H and O–H groups in total. The molecular weight excluding hydrogens is 486 g/mol. The minimum atomic E-state index is -0.450. The van der Waals surface area contributed by atoms with Crippen LogP contribution < -0.4 is 16.8 Å². The summed E-state index contributed by atoms with van der Waals surface area (Å²) in [6, 6.07) is 13.5. The lowest BCUT2D eigenvalue weighted by molar-refractivity contribution is -0.131. The van der Waals surface area contributed by atoms with E-state index in [1.54, 1.807) is 45.6 Å². The van der Waals surface area contributed by atoms with Crippen LogP contribution in [-0.2, 0) is 11.2 Å². The van der Waals surface area contributed by atoms with Crippen LogP contribution in [0.3, 0.4) is 0 Å². The lowest BCUT2D eigenvalue weighted by Crippen LogP contribution is -2.42. The first-order chi connectivity index (χ1) is 16.5. The molecule has 0 radical (unpaired) electrons. The molecule has 1 unspecified atom stereocenters. The number of thioether (sulfide) groups is 1. The average molecular weight is 520 g/mol. The smallest absolute Gasteiger partial charge is 0.252 e. The van der Waals surface area contributed by atoms with Gasteiger partial charge in [-0.25, -0.2) is 4.98 Å². The first kappa shape index (κ1) is 26.9. The lowest BCUT2D eigenvalue weighted by Gasteiger charge is -2.19.